The number of nitrogens with one attached hydrogen (secondary N) is 1. The molecule has 0 aliphatic heterocycles. The summed E-state index contributed by atoms with van der Waals surface area (Å²) in [7, 11) is -4.56. The lowest BCUT2D eigenvalue weighted by molar-refractivity contribution is 0.142. The number of amides is 1. The Bertz CT molecular complexity index is 616. The first kappa shape index (κ1) is 15.3. The number of phosphoric acid groups is 1. The van der Waals surface area contributed by atoms with E-state index in [1.807, 2.05) is 12.2 Å². The van der Waals surface area contributed by atoms with Crippen LogP contribution >= 0.6 is 7.82 Å². The molecule has 0 aromatic heterocycles. The number of ether oxygens (including phenoxy) is 1. The number of benzene rings is 1. The van der Waals surface area contributed by atoms with Gasteiger partial charge in [-0.1, -0.05) is 24.3 Å². The molecule has 0 saturated heterocycles. The minimum Gasteiger partial charge on any atom is -0.444 e. The van der Waals surface area contributed by atoms with Gasteiger partial charge in [0.1, 0.15) is 12.4 Å². The van der Waals surface area contributed by atoms with Crippen LogP contribution in [0.15, 0.2) is 48.2 Å². The second kappa shape index (κ2) is 6.58. The van der Waals surface area contributed by atoms with Crippen LogP contribution in [0.1, 0.15) is 12.0 Å². The van der Waals surface area contributed by atoms with Gasteiger partial charge in [0.2, 0.25) is 0 Å². The van der Waals surface area contributed by atoms with Gasteiger partial charge in [-0.15, -0.1) is 0 Å². The Hall–Kier alpha value is -2.08. The van der Waals surface area contributed by atoms with Crippen molar-refractivity contribution in [3.05, 3.63) is 53.8 Å². The molecular weight excluding hydrogens is 297 g/mol. The van der Waals surface area contributed by atoms with Gasteiger partial charge in [-0.25, -0.2) is 9.36 Å². The van der Waals surface area contributed by atoms with Gasteiger partial charge in [0, 0.05) is 12.1 Å². The van der Waals surface area contributed by atoms with E-state index >= 15 is 0 Å². The second-order valence-corrected chi connectivity index (χ2v) is 5.41. The van der Waals surface area contributed by atoms with E-state index in [1.54, 1.807) is 18.2 Å². The molecule has 0 saturated carbocycles. The molecule has 1 aliphatic carbocycles. The Morgan fingerprint density at radius 3 is 2.57 bits per heavy atom. The number of alkyl carbamates (subject to hydrolysis) is 1. The van der Waals surface area contributed by atoms with Crippen LogP contribution in [0.3, 0.4) is 0 Å². The highest BCUT2D eigenvalue weighted by Crippen LogP contribution is 2.37. The Kier molecular flexibility index (Phi) is 4.80. The van der Waals surface area contributed by atoms with E-state index in [0.29, 0.717) is 12.0 Å². The van der Waals surface area contributed by atoms with Gasteiger partial charge in [-0.2, -0.15) is 0 Å². The molecule has 1 aromatic carbocycles. The first-order chi connectivity index (χ1) is 9.92. The van der Waals surface area contributed by atoms with Crippen molar-refractivity contribution < 1.29 is 28.4 Å². The Morgan fingerprint density at radius 1 is 1.29 bits per heavy atom. The third-order valence-corrected chi connectivity index (χ3v) is 3.00. The summed E-state index contributed by atoms with van der Waals surface area (Å²) in [5, 5.41) is 2.60. The highest BCUT2D eigenvalue weighted by atomic mass is 31.2. The van der Waals surface area contributed by atoms with Crippen molar-refractivity contribution in [2.45, 2.75) is 13.0 Å². The molecule has 1 aromatic rings. The number of phosphoric ester groups is 1. The van der Waals surface area contributed by atoms with Crippen LogP contribution in [0.5, 0.6) is 5.75 Å². The van der Waals surface area contributed by atoms with Crippen LogP contribution in [0.4, 0.5) is 4.79 Å². The second-order valence-electron chi connectivity index (χ2n) is 4.25. The third kappa shape index (κ3) is 5.43. The summed E-state index contributed by atoms with van der Waals surface area (Å²) in [6.07, 6.45) is 5.66. The van der Waals surface area contributed by atoms with Gasteiger partial charge in [0.15, 0.2) is 0 Å². The highest BCUT2D eigenvalue weighted by Gasteiger charge is 2.15. The van der Waals surface area contributed by atoms with Crippen LogP contribution in [0.25, 0.3) is 0 Å². The quantitative estimate of drug-likeness (QED) is 0.720. The predicted molar refractivity (Wildman–Crippen MR) is 74.3 cm³/mol. The van der Waals surface area contributed by atoms with Crippen molar-refractivity contribution in [3.8, 4) is 5.75 Å². The molecule has 0 heterocycles. The summed E-state index contributed by atoms with van der Waals surface area (Å²) in [5.74, 6) is 0.0405. The summed E-state index contributed by atoms with van der Waals surface area (Å²) in [4.78, 5) is 28.8. The number of allylic oxidation sites excluding steroid dienone is 3. The minimum atomic E-state index is -4.56. The average molecular weight is 311 g/mol. The van der Waals surface area contributed by atoms with E-state index in [4.69, 9.17) is 14.5 Å². The molecule has 0 unspecified atom stereocenters. The highest BCUT2D eigenvalue weighted by molar-refractivity contribution is 7.46. The normalized spacial score (nSPS) is 13.7. The van der Waals surface area contributed by atoms with E-state index in [-0.39, 0.29) is 12.4 Å². The van der Waals surface area contributed by atoms with E-state index in [2.05, 4.69) is 9.84 Å². The molecule has 0 spiro atoms. The predicted octanol–water partition coefficient (Wildman–Crippen LogP) is 2.23. The number of hydrogen-bond donors (Lipinski definition) is 3. The SMILES string of the molecule is O=C(NC1=CC=CC1)OCc1ccc(OP(=O)(O)O)cc1. The van der Waals surface area contributed by atoms with Crippen molar-refractivity contribution in [2.24, 2.45) is 0 Å². The van der Waals surface area contributed by atoms with Crippen molar-refractivity contribution >= 4 is 13.9 Å². The Labute approximate surface area is 121 Å². The maximum absolute atomic E-state index is 11.5. The maximum atomic E-state index is 11.5. The van der Waals surface area contributed by atoms with Crippen LogP contribution in [-0.4, -0.2) is 15.9 Å². The maximum Gasteiger partial charge on any atom is 0.524 e. The molecule has 0 fully saturated rings. The summed E-state index contributed by atoms with van der Waals surface area (Å²) in [6.45, 7) is 0.0444. The molecule has 1 aliphatic rings. The van der Waals surface area contributed by atoms with Crippen molar-refractivity contribution in [2.75, 3.05) is 0 Å². The van der Waals surface area contributed by atoms with Crippen LogP contribution in [0.2, 0.25) is 0 Å². The van der Waals surface area contributed by atoms with Crippen LogP contribution in [-0.2, 0) is 15.9 Å². The first-order valence-electron chi connectivity index (χ1n) is 6.06. The zero-order valence-electron chi connectivity index (χ0n) is 10.9. The van der Waals surface area contributed by atoms with Crippen molar-refractivity contribution in [1.82, 2.24) is 5.32 Å². The lowest BCUT2D eigenvalue weighted by Crippen LogP contribution is -2.22. The topological polar surface area (TPSA) is 105 Å². The molecule has 112 valence electrons. The smallest absolute Gasteiger partial charge is 0.444 e. The Morgan fingerprint density at radius 2 is 2.00 bits per heavy atom. The van der Waals surface area contributed by atoms with Crippen LogP contribution in [0, 0.1) is 0 Å². The Balaban J connectivity index is 1.80. The molecule has 21 heavy (non-hydrogen) atoms. The van der Waals surface area contributed by atoms with E-state index < -0.39 is 13.9 Å². The molecule has 0 radical (unpaired) electrons. The number of carbonyl (C=O) groups is 1. The van der Waals surface area contributed by atoms with Crippen molar-refractivity contribution in [1.29, 1.82) is 0 Å². The fraction of sp³-hybridized carbons (Fsp3) is 0.154. The first-order valence-corrected chi connectivity index (χ1v) is 7.59. The fourth-order valence-electron chi connectivity index (χ4n) is 1.64. The number of hydrogen-bond acceptors (Lipinski definition) is 4. The molecule has 0 atom stereocenters. The average Bonchev–Trinajstić information content (AvgIpc) is 2.89. The van der Waals surface area contributed by atoms with E-state index in [1.165, 1.54) is 12.1 Å². The molecule has 0 bridgehead atoms. The molecule has 1 amide bonds. The summed E-state index contributed by atoms with van der Waals surface area (Å²) >= 11 is 0. The molecule has 2 rings (SSSR count). The van der Waals surface area contributed by atoms with E-state index in [9.17, 15) is 9.36 Å². The molecule has 7 nitrogen and oxygen atoms in total. The fourth-order valence-corrected chi connectivity index (χ4v) is 2.04. The van der Waals surface area contributed by atoms with E-state index in [0.717, 1.165) is 5.70 Å². The molecule has 3 N–H and O–H groups in total. The van der Waals surface area contributed by atoms with Gasteiger partial charge in [-0.05, 0) is 23.8 Å². The van der Waals surface area contributed by atoms with Gasteiger partial charge in [-0.3, -0.25) is 15.1 Å². The molecule has 8 heteroatoms. The van der Waals surface area contributed by atoms with Gasteiger partial charge in [0.25, 0.3) is 0 Å². The summed E-state index contributed by atoms with van der Waals surface area (Å²) in [5.41, 5.74) is 1.44. The third-order valence-electron chi connectivity index (χ3n) is 2.55. The zero-order chi connectivity index (χ0) is 15.3. The lowest BCUT2D eigenvalue weighted by atomic mass is 10.2. The monoisotopic (exact) mass is 311 g/mol. The van der Waals surface area contributed by atoms with Gasteiger partial charge in [0.05, 0.1) is 0 Å². The van der Waals surface area contributed by atoms with Crippen molar-refractivity contribution in [3.63, 3.8) is 0 Å². The van der Waals surface area contributed by atoms with Gasteiger partial charge >= 0.3 is 13.9 Å². The standard InChI is InChI=1S/C13H14NO6P/c15-13(14-11-3-1-2-4-11)19-9-10-5-7-12(8-6-10)20-21(16,17)18/h1-3,5-8H,4,9H2,(H,14,15)(H2,16,17,18). The lowest BCUT2D eigenvalue weighted by Gasteiger charge is -2.09. The van der Waals surface area contributed by atoms with Gasteiger partial charge < -0.3 is 9.26 Å². The number of carbonyl (C=O) groups excluding carboxylic acids is 1. The van der Waals surface area contributed by atoms with Crippen LogP contribution < -0.4 is 9.84 Å². The number of rotatable bonds is 5. The molecular formula is C13H14NO6P. The summed E-state index contributed by atoms with van der Waals surface area (Å²) < 4.78 is 20.1. The zero-order valence-corrected chi connectivity index (χ0v) is 11.8. The minimum absolute atomic E-state index is 0.0405. The summed E-state index contributed by atoms with van der Waals surface area (Å²) in [6, 6.07) is 5.88. The largest absolute Gasteiger partial charge is 0.524 e.